The first kappa shape index (κ1) is 57.1. The van der Waals surface area contributed by atoms with Crippen LogP contribution >= 0.6 is 0 Å². The van der Waals surface area contributed by atoms with E-state index in [-0.39, 0.29) is 18.5 Å². The highest BCUT2D eigenvalue weighted by Crippen LogP contribution is 2.15. The zero-order chi connectivity index (χ0) is 43.0. The van der Waals surface area contributed by atoms with Gasteiger partial charge in [0.25, 0.3) is 0 Å². The molecule has 0 aliphatic rings. The second-order valence-electron chi connectivity index (χ2n) is 17.5. The lowest BCUT2D eigenvalue weighted by Gasteiger charge is -2.20. The second-order valence-corrected chi connectivity index (χ2v) is 17.5. The number of esters is 1. The van der Waals surface area contributed by atoms with E-state index in [1.165, 1.54) is 161 Å². The molecule has 2 atom stereocenters. The third-order valence-electron chi connectivity index (χ3n) is 11.7. The summed E-state index contributed by atoms with van der Waals surface area (Å²) in [6, 6.07) is -0.643. The van der Waals surface area contributed by atoms with Crippen LogP contribution in [0.5, 0.6) is 0 Å². The van der Waals surface area contributed by atoms with Gasteiger partial charge in [-0.25, -0.2) is 0 Å². The molecule has 0 radical (unpaired) electrons. The Hall–Kier alpha value is -1.92. The van der Waals surface area contributed by atoms with Crippen LogP contribution in [0.15, 0.2) is 36.5 Å². The van der Waals surface area contributed by atoms with Crippen LogP contribution in [0.3, 0.4) is 0 Å². The van der Waals surface area contributed by atoms with E-state index in [0.29, 0.717) is 19.4 Å². The van der Waals surface area contributed by atoms with E-state index in [0.717, 1.165) is 77.0 Å². The van der Waals surface area contributed by atoms with Crippen LogP contribution in [-0.2, 0) is 14.3 Å². The van der Waals surface area contributed by atoms with Crippen molar-refractivity contribution in [3.8, 4) is 0 Å². The number of rotatable bonds is 47. The van der Waals surface area contributed by atoms with Gasteiger partial charge in [0.15, 0.2) is 0 Å². The van der Waals surface area contributed by atoms with E-state index in [4.69, 9.17) is 4.74 Å². The molecule has 346 valence electrons. The summed E-state index contributed by atoms with van der Waals surface area (Å²) in [6.45, 7) is 4.83. The highest BCUT2D eigenvalue weighted by molar-refractivity contribution is 5.76. The summed E-state index contributed by atoms with van der Waals surface area (Å²) in [5, 5.41) is 23.0. The molecule has 0 heterocycles. The Labute approximate surface area is 366 Å². The van der Waals surface area contributed by atoms with Gasteiger partial charge in [-0.15, -0.1) is 0 Å². The van der Waals surface area contributed by atoms with E-state index < -0.39 is 12.1 Å². The smallest absolute Gasteiger partial charge is 0.305 e. The van der Waals surface area contributed by atoms with E-state index in [1.807, 2.05) is 6.08 Å². The monoisotopic (exact) mass is 830 g/mol. The number of hydrogen-bond acceptors (Lipinski definition) is 5. The molecule has 2 unspecified atom stereocenters. The highest BCUT2D eigenvalue weighted by atomic mass is 16.5. The quantitative estimate of drug-likeness (QED) is 0.0246. The normalized spacial score (nSPS) is 12.9. The number of aliphatic hydroxyl groups is 2. The third-order valence-corrected chi connectivity index (χ3v) is 11.7. The van der Waals surface area contributed by atoms with Gasteiger partial charge in [0.2, 0.25) is 5.91 Å². The molecule has 0 aromatic heterocycles. The van der Waals surface area contributed by atoms with Crippen LogP contribution in [0.4, 0.5) is 0 Å². The van der Waals surface area contributed by atoms with E-state index in [1.54, 1.807) is 6.08 Å². The SMILES string of the molecule is CCCCCCCCCCCC/C=C/C(O)C(CO)NC(=O)CCCCCCCC/C=C\C=C/CCCCCOC(=O)CCCCCCCCCCCCCCCCC. The number of unbranched alkanes of at least 4 members (excludes halogenated alkanes) is 33. The molecular formula is C53H99NO5. The minimum atomic E-state index is -0.857. The van der Waals surface area contributed by atoms with Crippen molar-refractivity contribution >= 4 is 11.9 Å². The molecule has 0 bridgehead atoms. The predicted molar refractivity (Wildman–Crippen MR) is 255 cm³/mol. The summed E-state index contributed by atoms with van der Waals surface area (Å²) in [5.74, 6) is -0.113. The first-order valence-corrected chi connectivity index (χ1v) is 25.8. The number of amides is 1. The lowest BCUT2D eigenvalue weighted by Crippen LogP contribution is -2.45. The van der Waals surface area contributed by atoms with Crippen molar-refractivity contribution in [2.45, 2.75) is 276 Å². The van der Waals surface area contributed by atoms with Crippen molar-refractivity contribution < 1.29 is 24.5 Å². The lowest BCUT2D eigenvalue weighted by molar-refractivity contribution is -0.143. The molecule has 0 aromatic rings. The fourth-order valence-electron chi connectivity index (χ4n) is 7.68. The van der Waals surface area contributed by atoms with Gasteiger partial charge >= 0.3 is 5.97 Å². The molecule has 0 aliphatic heterocycles. The van der Waals surface area contributed by atoms with Gasteiger partial charge in [0.1, 0.15) is 0 Å². The Morgan fingerprint density at radius 1 is 0.475 bits per heavy atom. The summed E-state index contributed by atoms with van der Waals surface area (Å²) < 4.78 is 5.44. The van der Waals surface area contributed by atoms with Crippen LogP contribution in [-0.4, -0.2) is 47.4 Å². The second kappa shape index (κ2) is 48.7. The molecule has 0 saturated heterocycles. The molecule has 0 aromatic carbocycles. The Kier molecular flexibility index (Phi) is 47.2. The van der Waals surface area contributed by atoms with Gasteiger partial charge in [-0.05, 0) is 64.2 Å². The Balaban J connectivity index is 3.54. The van der Waals surface area contributed by atoms with E-state index >= 15 is 0 Å². The predicted octanol–water partition coefficient (Wildman–Crippen LogP) is 15.3. The van der Waals surface area contributed by atoms with Crippen molar-refractivity contribution in [3.05, 3.63) is 36.5 Å². The van der Waals surface area contributed by atoms with Crippen molar-refractivity contribution in [2.75, 3.05) is 13.2 Å². The zero-order valence-corrected chi connectivity index (χ0v) is 39.2. The van der Waals surface area contributed by atoms with Crippen molar-refractivity contribution in [3.63, 3.8) is 0 Å². The number of carbonyl (C=O) groups is 2. The molecule has 59 heavy (non-hydrogen) atoms. The zero-order valence-electron chi connectivity index (χ0n) is 39.2. The molecule has 0 spiro atoms. The lowest BCUT2D eigenvalue weighted by atomic mass is 10.0. The van der Waals surface area contributed by atoms with Gasteiger partial charge in [0, 0.05) is 12.8 Å². The first-order chi connectivity index (χ1) is 29.0. The topological polar surface area (TPSA) is 95.9 Å². The number of ether oxygens (including phenoxy) is 1. The highest BCUT2D eigenvalue weighted by Gasteiger charge is 2.18. The van der Waals surface area contributed by atoms with Gasteiger partial charge in [-0.1, -0.05) is 224 Å². The molecule has 1 amide bonds. The van der Waals surface area contributed by atoms with Crippen LogP contribution in [0.1, 0.15) is 264 Å². The van der Waals surface area contributed by atoms with Crippen LogP contribution in [0.2, 0.25) is 0 Å². The van der Waals surface area contributed by atoms with E-state index in [2.05, 4.69) is 43.5 Å². The van der Waals surface area contributed by atoms with Crippen molar-refractivity contribution in [1.82, 2.24) is 5.32 Å². The maximum absolute atomic E-state index is 12.4. The number of hydrogen-bond donors (Lipinski definition) is 3. The fraction of sp³-hybridized carbons (Fsp3) is 0.849. The molecule has 3 N–H and O–H groups in total. The standard InChI is InChI=1S/C53H99NO5/c1-3-5-7-9-11-13-15-17-19-23-27-31-35-39-43-47-53(58)59-48-44-40-36-32-28-24-21-18-20-22-26-30-34-38-42-46-52(57)54-50(49-55)51(56)45-41-37-33-29-25-16-14-12-10-8-6-4-2/h18,21,24,28,41,45,50-51,55-56H,3-17,19-20,22-23,25-27,29-40,42-44,46-49H2,1-2H3,(H,54,57)/b21-18-,28-24-,45-41+. The summed E-state index contributed by atoms with van der Waals surface area (Å²) in [7, 11) is 0. The average Bonchev–Trinajstić information content (AvgIpc) is 3.24. The molecule has 0 rings (SSSR count). The minimum Gasteiger partial charge on any atom is -0.466 e. The largest absolute Gasteiger partial charge is 0.466 e. The van der Waals surface area contributed by atoms with Gasteiger partial charge < -0.3 is 20.3 Å². The minimum absolute atomic E-state index is 0.0207. The van der Waals surface area contributed by atoms with Crippen LogP contribution in [0, 0.1) is 0 Å². The third kappa shape index (κ3) is 45.4. The molecule has 0 fully saturated rings. The first-order valence-electron chi connectivity index (χ1n) is 25.8. The van der Waals surface area contributed by atoms with Crippen LogP contribution in [0.25, 0.3) is 0 Å². The number of aliphatic hydroxyl groups excluding tert-OH is 2. The number of nitrogens with one attached hydrogen (secondary N) is 1. The average molecular weight is 830 g/mol. The van der Waals surface area contributed by atoms with Crippen molar-refractivity contribution in [2.24, 2.45) is 0 Å². The fourth-order valence-corrected chi connectivity index (χ4v) is 7.68. The molecule has 6 nitrogen and oxygen atoms in total. The molecular weight excluding hydrogens is 731 g/mol. The summed E-state index contributed by atoms with van der Waals surface area (Å²) in [5.41, 5.74) is 0. The Morgan fingerprint density at radius 3 is 1.25 bits per heavy atom. The summed E-state index contributed by atoms with van der Waals surface area (Å²) in [4.78, 5) is 24.4. The molecule has 0 saturated carbocycles. The molecule has 6 heteroatoms. The Bertz CT molecular complexity index is 962. The summed E-state index contributed by atoms with van der Waals surface area (Å²) >= 11 is 0. The van der Waals surface area contributed by atoms with Gasteiger partial charge in [-0.3, -0.25) is 9.59 Å². The maximum Gasteiger partial charge on any atom is 0.305 e. The van der Waals surface area contributed by atoms with Gasteiger partial charge in [0.05, 0.1) is 25.4 Å². The van der Waals surface area contributed by atoms with Crippen LogP contribution < -0.4 is 5.32 Å². The number of carbonyl (C=O) groups excluding carboxylic acids is 2. The van der Waals surface area contributed by atoms with E-state index in [9.17, 15) is 19.8 Å². The Morgan fingerprint density at radius 2 is 0.831 bits per heavy atom. The van der Waals surface area contributed by atoms with Gasteiger partial charge in [-0.2, -0.15) is 0 Å². The van der Waals surface area contributed by atoms with Crippen molar-refractivity contribution in [1.29, 1.82) is 0 Å². The number of allylic oxidation sites excluding steroid dienone is 5. The maximum atomic E-state index is 12.4. The molecule has 0 aliphatic carbocycles. The summed E-state index contributed by atoms with van der Waals surface area (Å²) in [6.07, 6.45) is 58.6.